The first kappa shape index (κ1) is 14.8. The first-order valence-corrected chi connectivity index (χ1v) is 8.26. The Labute approximate surface area is 127 Å². The maximum absolute atomic E-state index is 14.2. The number of rotatable bonds is 5. The molecule has 1 atom stereocenters. The largest absolute Gasteiger partial charge is 0.368 e. The summed E-state index contributed by atoms with van der Waals surface area (Å²) in [6, 6.07) is 6.17. The molecular weight excluding hydrogens is 265 g/mol. The van der Waals surface area contributed by atoms with Crippen LogP contribution in [0.25, 0.3) is 0 Å². The lowest BCUT2D eigenvalue weighted by atomic mass is 10.1. The van der Waals surface area contributed by atoms with E-state index in [9.17, 15) is 4.39 Å². The first-order valence-electron chi connectivity index (χ1n) is 8.26. The van der Waals surface area contributed by atoms with Crippen LogP contribution in [0.1, 0.15) is 31.7 Å². The first-order chi connectivity index (χ1) is 10.3. The number of hydrogen-bond acceptors (Lipinski definition) is 3. The maximum Gasteiger partial charge on any atom is 0.129 e. The van der Waals surface area contributed by atoms with Crippen LogP contribution in [0.2, 0.25) is 0 Å². The summed E-state index contributed by atoms with van der Waals surface area (Å²) >= 11 is 0. The van der Waals surface area contributed by atoms with Gasteiger partial charge in [0.25, 0.3) is 0 Å². The third kappa shape index (κ3) is 3.22. The quantitative estimate of drug-likeness (QED) is 0.841. The van der Waals surface area contributed by atoms with Crippen LogP contribution in [0.5, 0.6) is 0 Å². The van der Waals surface area contributed by atoms with Gasteiger partial charge in [-0.05, 0) is 44.5 Å². The third-order valence-electron chi connectivity index (χ3n) is 4.75. The summed E-state index contributed by atoms with van der Waals surface area (Å²) in [5.74, 6) is -0.0787. The van der Waals surface area contributed by atoms with E-state index in [1.165, 1.54) is 19.4 Å². The molecule has 1 aromatic rings. The number of halogens is 1. The second-order valence-corrected chi connectivity index (χ2v) is 6.19. The van der Waals surface area contributed by atoms with E-state index in [0.29, 0.717) is 12.6 Å². The van der Waals surface area contributed by atoms with E-state index in [1.807, 2.05) is 6.07 Å². The SMILES string of the molecule is CCCNCc1c(F)cccc1N1CCN2CCCC2C1. The van der Waals surface area contributed by atoms with Crippen LogP contribution in [0.3, 0.4) is 0 Å². The summed E-state index contributed by atoms with van der Waals surface area (Å²) in [5, 5.41) is 3.34. The highest BCUT2D eigenvalue weighted by Gasteiger charge is 2.31. The molecule has 0 radical (unpaired) electrons. The van der Waals surface area contributed by atoms with Crippen LogP contribution in [0, 0.1) is 5.82 Å². The molecule has 2 aliphatic heterocycles. The number of piperazine rings is 1. The highest BCUT2D eigenvalue weighted by molar-refractivity contribution is 5.55. The van der Waals surface area contributed by atoms with Gasteiger partial charge in [-0.3, -0.25) is 4.90 Å². The minimum absolute atomic E-state index is 0.0787. The Kier molecular flexibility index (Phi) is 4.76. The Morgan fingerprint density at radius 3 is 3.05 bits per heavy atom. The molecule has 1 N–H and O–H groups in total. The molecule has 21 heavy (non-hydrogen) atoms. The van der Waals surface area contributed by atoms with E-state index in [4.69, 9.17) is 0 Å². The molecule has 2 aliphatic rings. The second kappa shape index (κ2) is 6.75. The fourth-order valence-electron chi connectivity index (χ4n) is 3.62. The Morgan fingerprint density at radius 2 is 2.19 bits per heavy atom. The topological polar surface area (TPSA) is 18.5 Å². The van der Waals surface area contributed by atoms with Gasteiger partial charge in [0.1, 0.15) is 5.82 Å². The molecule has 2 heterocycles. The maximum atomic E-state index is 14.2. The van der Waals surface area contributed by atoms with E-state index in [-0.39, 0.29) is 5.82 Å². The van der Waals surface area contributed by atoms with Gasteiger partial charge in [-0.1, -0.05) is 13.0 Å². The number of anilines is 1. The van der Waals surface area contributed by atoms with Crippen LogP contribution >= 0.6 is 0 Å². The zero-order valence-electron chi connectivity index (χ0n) is 12.9. The summed E-state index contributed by atoms with van der Waals surface area (Å²) in [6.45, 7) is 8.11. The Balaban J connectivity index is 1.76. The molecule has 0 aromatic heterocycles. The minimum Gasteiger partial charge on any atom is -0.368 e. The van der Waals surface area contributed by atoms with Gasteiger partial charge in [-0.2, -0.15) is 0 Å². The van der Waals surface area contributed by atoms with E-state index in [2.05, 4.69) is 28.1 Å². The van der Waals surface area contributed by atoms with Crippen molar-refractivity contribution in [2.75, 3.05) is 37.6 Å². The summed E-state index contributed by atoms with van der Waals surface area (Å²) in [6.07, 6.45) is 3.67. The molecular formula is C17H26FN3. The van der Waals surface area contributed by atoms with Crippen molar-refractivity contribution in [2.45, 2.75) is 38.8 Å². The van der Waals surface area contributed by atoms with Gasteiger partial charge >= 0.3 is 0 Å². The standard InChI is InChI=1S/C17H26FN3/c1-2-8-19-12-15-16(18)6-3-7-17(15)21-11-10-20-9-4-5-14(20)13-21/h3,6-7,14,19H,2,4-5,8-13H2,1H3. The van der Waals surface area contributed by atoms with Gasteiger partial charge in [-0.25, -0.2) is 4.39 Å². The zero-order valence-corrected chi connectivity index (χ0v) is 12.9. The molecule has 0 aliphatic carbocycles. The lowest BCUT2D eigenvalue weighted by molar-refractivity contribution is 0.230. The molecule has 0 bridgehead atoms. The van der Waals surface area contributed by atoms with E-state index in [1.54, 1.807) is 6.07 Å². The molecule has 3 nitrogen and oxygen atoms in total. The van der Waals surface area contributed by atoms with Crippen molar-refractivity contribution in [3.8, 4) is 0 Å². The molecule has 2 fully saturated rings. The van der Waals surface area contributed by atoms with Crippen molar-refractivity contribution >= 4 is 5.69 Å². The molecule has 2 saturated heterocycles. The average Bonchev–Trinajstić information content (AvgIpc) is 2.96. The molecule has 116 valence electrons. The molecule has 1 unspecified atom stereocenters. The Hall–Kier alpha value is -1.13. The van der Waals surface area contributed by atoms with E-state index in [0.717, 1.165) is 43.9 Å². The monoisotopic (exact) mass is 291 g/mol. The van der Waals surface area contributed by atoms with Crippen LogP contribution in [0.4, 0.5) is 10.1 Å². The number of fused-ring (bicyclic) bond motifs is 1. The van der Waals surface area contributed by atoms with Crippen LogP contribution in [-0.4, -0.2) is 43.7 Å². The molecule has 0 saturated carbocycles. The fourth-order valence-corrected chi connectivity index (χ4v) is 3.62. The molecule has 1 aromatic carbocycles. The Morgan fingerprint density at radius 1 is 1.29 bits per heavy atom. The summed E-state index contributed by atoms with van der Waals surface area (Å²) < 4.78 is 14.2. The predicted octanol–water partition coefficient (Wildman–Crippen LogP) is 2.61. The summed E-state index contributed by atoms with van der Waals surface area (Å²) in [7, 11) is 0. The summed E-state index contributed by atoms with van der Waals surface area (Å²) in [5.41, 5.74) is 1.92. The number of nitrogens with zero attached hydrogens (tertiary/aromatic N) is 2. The second-order valence-electron chi connectivity index (χ2n) is 6.19. The van der Waals surface area contributed by atoms with Crippen LogP contribution in [0.15, 0.2) is 18.2 Å². The number of benzene rings is 1. The van der Waals surface area contributed by atoms with Gasteiger partial charge < -0.3 is 10.2 Å². The lowest BCUT2D eigenvalue weighted by Gasteiger charge is -2.39. The van der Waals surface area contributed by atoms with Crippen molar-refractivity contribution in [1.29, 1.82) is 0 Å². The van der Waals surface area contributed by atoms with Crippen molar-refractivity contribution in [3.05, 3.63) is 29.6 Å². The highest BCUT2D eigenvalue weighted by Crippen LogP contribution is 2.29. The Bertz CT molecular complexity index is 477. The smallest absolute Gasteiger partial charge is 0.129 e. The third-order valence-corrected chi connectivity index (χ3v) is 4.75. The van der Waals surface area contributed by atoms with Crippen molar-refractivity contribution in [3.63, 3.8) is 0 Å². The van der Waals surface area contributed by atoms with Crippen LogP contribution in [-0.2, 0) is 6.54 Å². The van der Waals surface area contributed by atoms with Crippen molar-refractivity contribution in [1.82, 2.24) is 10.2 Å². The zero-order chi connectivity index (χ0) is 14.7. The van der Waals surface area contributed by atoms with Gasteiger partial charge in [0, 0.05) is 43.5 Å². The van der Waals surface area contributed by atoms with Gasteiger partial charge in [-0.15, -0.1) is 0 Å². The lowest BCUT2D eigenvalue weighted by Crippen LogP contribution is -2.50. The molecule has 3 rings (SSSR count). The molecule has 0 spiro atoms. The van der Waals surface area contributed by atoms with Gasteiger partial charge in [0.2, 0.25) is 0 Å². The normalized spacial score (nSPS) is 22.6. The molecule has 4 heteroatoms. The predicted molar refractivity (Wildman–Crippen MR) is 85.2 cm³/mol. The number of hydrogen-bond donors (Lipinski definition) is 1. The van der Waals surface area contributed by atoms with Gasteiger partial charge in [0.15, 0.2) is 0 Å². The summed E-state index contributed by atoms with van der Waals surface area (Å²) in [4.78, 5) is 4.98. The van der Waals surface area contributed by atoms with E-state index >= 15 is 0 Å². The van der Waals surface area contributed by atoms with Crippen molar-refractivity contribution in [2.24, 2.45) is 0 Å². The van der Waals surface area contributed by atoms with E-state index < -0.39 is 0 Å². The fraction of sp³-hybridized carbons (Fsp3) is 0.647. The number of nitrogens with one attached hydrogen (secondary N) is 1. The van der Waals surface area contributed by atoms with Gasteiger partial charge in [0.05, 0.1) is 0 Å². The highest BCUT2D eigenvalue weighted by atomic mass is 19.1. The average molecular weight is 291 g/mol. The molecule has 0 amide bonds. The minimum atomic E-state index is -0.0787. The van der Waals surface area contributed by atoms with Crippen molar-refractivity contribution < 1.29 is 4.39 Å². The van der Waals surface area contributed by atoms with Crippen LogP contribution < -0.4 is 10.2 Å².